The van der Waals surface area contributed by atoms with Crippen LogP contribution in [-0.4, -0.2) is 34.2 Å². The van der Waals surface area contributed by atoms with Gasteiger partial charge in [0.05, 0.1) is 24.8 Å². The van der Waals surface area contributed by atoms with Crippen molar-refractivity contribution in [2.45, 2.75) is 45.1 Å². The lowest BCUT2D eigenvalue weighted by Gasteiger charge is -2.17. The summed E-state index contributed by atoms with van der Waals surface area (Å²) in [4.78, 5) is 11.1. The first-order valence-electron chi connectivity index (χ1n) is 6.02. The highest BCUT2D eigenvalue weighted by atomic mass is 16.7. The topological polar surface area (TPSA) is 79.4 Å². The zero-order chi connectivity index (χ0) is 13.3. The zero-order valence-electron chi connectivity index (χ0n) is 10.9. The molecule has 6 heteroatoms. The molecule has 2 rings (SSSR count). The minimum absolute atomic E-state index is 0.0170. The average Bonchev–Trinajstić information content (AvgIpc) is 2.85. The molecule has 1 aliphatic rings. The van der Waals surface area contributed by atoms with Gasteiger partial charge in [-0.2, -0.15) is 5.10 Å². The third kappa shape index (κ3) is 2.88. The van der Waals surface area contributed by atoms with E-state index in [2.05, 4.69) is 5.10 Å². The first-order chi connectivity index (χ1) is 8.37. The second-order valence-electron chi connectivity index (χ2n) is 5.04. The van der Waals surface area contributed by atoms with Crippen molar-refractivity contribution < 1.29 is 14.3 Å². The maximum absolute atomic E-state index is 11.1. The van der Waals surface area contributed by atoms with Gasteiger partial charge in [0.25, 0.3) is 0 Å². The van der Waals surface area contributed by atoms with Crippen LogP contribution in [0.3, 0.4) is 0 Å². The smallest absolute Gasteiger partial charge is 0.226 e. The van der Waals surface area contributed by atoms with E-state index < -0.39 is 5.79 Å². The molecule has 18 heavy (non-hydrogen) atoms. The Morgan fingerprint density at radius 3 is 3.00 bits per heavy atom. The summed E-state index contributed by atoms with van der Waals surface area (Å²) in [6.45, 7) is 6.67. The van der Waals surface area contributed by atoms with Crippen LogP contribution < -0.4 is 5.73 Å². The number of nitrogens with zero attached hydrogens (tertiary/aromatic N) is 2. The van der Waals surface area contributed by atoms with E-state index in [1.54, 1.807) is 17.7 Å². The van der Waals surface area contributed by atoms with E-state index in [0.29, 0.717) is 18.8 Å². The van der Waals surface area contributed by atoms with Gasteiger partial charge >= 0.3 is 0 Å². The van der Waals surface area contributed by atoms with Crippen LogP contribution in [0.5, 0.6) is 0 Å². The molecule has 0 saturated carbocycles. The molecule has 1 aromatic rings. The number of nitrogens with two attached hydrogens (primary N) is 1. The highest BCUT2D eigenvalue weighted by molar-refractivity contribution is 5.80. The molecule has 1 saturated heterocycles. The second-order valence-corrected chi connectivity index (χ2v) is 5.04. The van der Waals surface area contributed by atoms with Gasteiger partial charge in [-0.3, -0.25) is 9.48 Å². The standard InChI is InChI=1S/C12H19N3O3/c1-8(11(13)16)10-4-5-15(14-10)6-9-7-17-12(2,3)18-9/h4-5,8-9H,6-7H2,1-3H3,(H2,13,16). The molecule has 0 spiro atoms. The Bertz CT molecular complexity index is 442. The summed E-state index contributed by atoms with van der Waals surface area (Å²) < 4.78 is 12.9. The highest BCUT2D eigenvalue weighted by Crippen LogP contribution is 2.23. The SMILES string of the molecule is CC(C(N)=O)c1ccn(CC2COC(C)(C)O2)n1. The van der Waals surface area contributed by atoms with E-state index in [1.165, 1.54) is 0 Å². The highest BCUT2D eigenvalue weighted by Gasteiger charge is 2.32. The van der Waals surface area contributed by atoms with Gasteiger partial charge in [0.15, 0.2) is 5.79 Å². The van der Waals surface area contributed by atoms with E-state index in [9.17, 15) is 4.79 Å². The Morgan fingerprint density at radius 2 is 2.44 bits per heavy atom. The number of rotatable bonds is 4. The van der Waals surface area contributed by atoms with Crippen LogP contribution >= 0.6 is 0 Å². The van der Waals surface area contributed by atoms with Gasteiger partial charge < -0.3 is 15.2 Å². The zero-order valence-corrected chi connectivity index (χ0v) is 10.9. The predicted octanol–water partition coefficient (Wildman–Crippen LogP) is 0.623. The number of ether oxygens (including phenoxy) is 2. The number of hydrogen-bond acceptors (Lipinski definition) is 4. The molecule has 2 unspecified atom stereocenters. The first-order valence-corrected chi connectivity index (χ1v) is 6.02. The molecule has 0 aliphatic carbocycles. The molecule has 0 bridgehead atoms. The monoisotopic (exact) mass is 253 g/mol. The normalized spacial score (nSPS) is 24.1. The molecule has 100 valence electrons. The van der Waals surface area contributed by atoms with Crippen molar-refractivity contribution in [3.63, 3.8) is 0 Å². The van der Waals surface area contributed by atoms with Gasteiger partial charge in [0.1, 0.15) is 6.10 Å². The van der Waals surface area contributed by atoms with Gasteiger partial charge in [0.2, 0.25) is 5.91 Å². The summed E-state index contributed by atoms with van der Waals surface area (Å²) in [5, 5.41) is 4.32. The van der Waals surface area contributed by atoms with Crippen molar-refractivity contribution in [1.82, 2.24) is 9.78 Å². The summed E-state index contributed by atoms with van der Waals surface area (Å²) in [5.41, 5.74) is 5.92. The lowest BCUT2D eigenvalue weighted by Crippen LogP contribution is -2.24. The van der Waals surface area contributed by atoms with Crippen molar-refractivity contribution in [2.75, 3.05) is 6.61 Å². The average molecular weight is 253 g/mol. The van der Waals surface area contributed by atoms with Crippen molar-refractivity contribution in [3.05, 3.63) is 18.0 Å². The number of amides is 1. The van der Waals surface area contributed by atoms with E-state index >= 15 is 0 Å². The number of carbonyl (C=O) groups excluding carboxylic acids is 1. The van der Waals surface area contributed by atoms with Crippen LogP contribution in [-0.2, 0) is 20.8 Å². The summed E-state index contributed by atoms with van der Waals surface area (Å²) in [7, 11) is 0. The number of primary amides is 1. The molecule has 1 aromatic heterocycles. The van der Waals surface area contributed by atoms with Crippen LogP contribution in [0, 0.1) is 0 Å². The van der Waals surface area contributed by atoms with E-state index in [4.69, 9.17) is 15.2 Å². The Kier molecular flexibility index (Phi) is 3.41. The number of hydrogen-bond donors (Lipinski definition) is 1. The number of carbonyl (C=O) groups is 1. The summed E-state index contributed by atoms with van der Waals surface area (Å²) in [6.07, 6.45) is 1.81. The third-order valence-electron chi connectivity index (χ3n) is 2.99. The van der Waals surface area contributed by atoms with Crippen molar-refractivity contribution in [3.8, 4) is 0 Å². The predicted molar refractivity (Wildman–Crippen MR) is 64.7 cm³/mol. The third-order valence-corrected chi connectivity index (χ3v) is 2.99. The van der Waals surface area contributed by atoms with Gasteiger partial charge in [-0.25, -0.2) is 0 Å². The first kappa shape index (κ1) is 13.0. The van der Waals surface area contributed by atoms with Crippen LogP contribution in [0.2, 0.25) is 0 Å². The fourth-order valence-corrected chi connectivity index (χ4v) is 1.92. The minimum Gasteiger partial charge on any atom is -0.369 e. The largest absolute Gasteiger partial charge is 0.369 e. The Balaban J connectivity index is 1.97. The minimum atomic E-state index is -0.527. The van der Waals surface area contributed by atoms with Gasteiger partial charge in [0, 0.05) is 6.20 Å². The Labute approximate surface area is 106 Å². The summed E-state index contributed by atoms with van der Waals surface area (Å²) in [5.74, 6) is -1.27. The quantitative estimate of drug-likeness (QED) is 0.853. The van der Waals surface area contributed by atoms with Crippen molar-refractivity contribution in [2.24, 2.45) is 5.73 Å². The fraction of sp³-hybridized carbons (Fsp3) is 0.667. The molecule has 2 atom stereocenters. The van der Waals surface area contributed by atoms with Gasteiger partial charge in [-0.05, 0) is 26.8 Å². The maximum Gasteiger partial charge on any atom is 0.226 e. The second kappa shape index (κ2) is 4.70. The van der Waals surface area contributed by atoms with Crippen LogP contribution in [0.1, 0.15) is 32.4 Å². The Hall–Kier alpha value is -1.40. The maximum atomic E-state index is 11.1. The molecule has 1 fully saturated rings. The molecule has 0 radical (unpaired) electrons. The van der Waals surface area contributed by atoms with Gasteiger partial charge in [-0.15, -0.1) is 0 Å². The van der Waals surface area contributed by atoms with Gasteiger partial charge in [-0.1, -0.05) is 0 Å². The molecule has 6 nitrogen and oxygen atoms in total. The molecule has 2 N–H and O–H groups in total. The molecular formula is C12H19N3O3. The van der Waals surface area contributed by atoms with Crippen LogP contribution in [0.4, 0.5) is 0 Å². The van der Waals surface area contributed by atoms with E-state index in [-0.39, 0.29) is 17.9 Å². The molecule has 2 heterocycles. The lowest BCUT2D eigenvalue weighted by atomic mass is 10.1. The molecular weight excluding hydrogens is 234 g/mol. The molecule has 1 amide bonds. The summed E-state index contributed by atoms with van der Waals surface area (Å²) >= 11 is 0. The lowest BCUT2D eigenvalue weighted by molar-refractivity contribution is -0.139. The number of aromatic nitrogens is 2. The Morgan fingerprint density at radius 1 is 1.72 bits per heavy atom. The van der Waals surface area contributed by atoms with E-state index in [1.807, 2.05) is 20.0 Å². The van der Waals surface area contributed by atoms with Crippen LogP contribution in [0.15, 0.2) is 12.3 Å². The summed E-state index contributed by atoms with van der Waals surface area (Å²) in [6, 6.07) is 1.80. The molecule has 0 aromatic carbocycles. The fourth-order valence-electron chi connectivity index (χ4n) is 1.92. The van der Waals surface area contributed by atoms with Crippen molar-refractivity contribution in [1.29, 1.82) is 0 Å². The van der Waals surface area contributed by atoms with E-state index in [0.717, 1.165) is 0 Å². The van der Waals surface area contributed by atoms with Crippen molar-refractivity contribution >= 4 is 5.91 Å². The van der Waals surface area contributed by atoms with Crippen LogP contribution in [0.25, 0.3) is 0 Å². The molecule has 1 aliphatic heterocycles.